The van der Waals surface area contributed by atoms with Gasteiger partial charge in [-0.3, -0.25) is 4.79 Å². The Morgan fingerprint density at radius 3 is 2.77 bits per heavy atom. The lowest BCUT2D eigenvalue weighted by Gasteiger charge is -1.86. The number of hydrogen-bond acceptors (Lipinski definition) is 2. The maximum Gasteiger partial charge on any atom is 0.194 e. The van der Waals surface area contributed by atoms with Gasteiger partial charge in [-0.1, -0.05) is 18.7 Å². The molecule has 0 bridgehead atoms. The number of allylic oxidation sites excluding steroid dienone is 1. The lowest BCUT2D eigenvalue weighted by Crippen LogP contribution is -1.85. The summed E-state index contributed by atoms with van der Waals surface area (Å²) in [6, 6.07) is 1.72. The third kappa shape index (κ3) is 1.96. The van der Waals surface area contributed by atoms with E-state index in [0.29, 0.717) is 11.5 Å². The molecule has 1 rings (SSSR count). The molecule has 0 unspecified atom stereocenters. The smallest absolute Gasteiger partial charge is 0.194 e. The summed E-state index contributed by atoms with van der Waals surface area (Å²) in [5.41, 5.74) is 0.891. The van der Waals surface area contributed by atoms with Gasteiger partial charge in [0.1, 0.15) is 5.76 Å². The van der Waals surface area contributed by atoms with Gasteiger partial charge in [-0.2, -0.15) is 0 Å². The average molecular weight is 176 g/mol. The zero-order valence-electron chi connectivity index (χ0n) is 7.83. The van der Waals surface area contributed by atoms with Gasteiger partial charge < -0.3 is 4.42 Å². The standard InChI is InChI=1S/C11H12O2/c1-4-6-9-7-11(8(3)12)13-10(9)5-2/h4-7H,2H2,1,3H3/b6-4-. The van der Waals surface area contributed by atoms with Crippen molar-refractivity contribution in [3.63, 3.8) is 0 Å². The maximum absolute atomic E-state index is 11.0. The van der Waals surface area contributed by atoms with E-state index in [0.717, 1.165) is 5.56 Å². The molecule has 0 aliphatic carbocycles. The first-order valence-corrected chi connectivity index (χ1v) is 4.09. The third-order valence-corrected chi connectivity index (χ3v) is 1.67. The largest absolute Gasteiger partial charge is 0.453 e. The molecule has 0 amide bonds. The molecule has 2 nitrogen and oxygen atoms in total. The summed E-state index contributed by atoms with van der Waals surface area (Å²) < 4.78 is 5.26. The van der Waals surface area contributed by atoms with Crippen LogP contribution < -0.4 is 0 Å². The first kappa shape index (κ1) is 9.52. The van der Waals surface area contributed by atoms with Gasteiger partial charge in [-0.25, -0.2) is 0 Å². The second-order valence-electron chi connectivity index (χ2n) is 2.69. The van der Waals surface area contributed by atoms with Crippen LogP contribution in [0.3, 0.4) is 0 Å². The Bertz CT molecular complexity index is 356. The molecule has 0 radical (unpaired) electrons. The van der Waals surface area contributed by atoms with Crippen molar-refractivity contribution in [1.82, 2.24) is 0 Å². The molecule has 0 fully saturated rings. The van der Waals surface area contributed by atoms with Gasteiger partial charge in [-0.05, 0) is 19.1 Å². The van der Waals surface area contributed by atoms with E-state index in [2.05, 4.69) is 6.58 Å². The minimum absolute atomic E-state index is 0.0705. The molecule has 0 atom stereocenters. The van der Waals surface area contributed by atoms with Gasteiger partial charge in [0.05, 0.1) is 0 Å². The van der Waals surface area contributed by atoms with Crippen LogP contribution in [0.1, 0.15) is 35.7 Å². The van der Waals surface area contributed by atoms with E-state index in [1.54, 1.807) is 12.1 Å². The van der Waals surface area contributed by atoms with Crippen molar-refractivity contribution in [2.45, 2.75) is 13.8 Å². The normalized spacial score (nSPS) is 10.6. The molecule has 0 saturated heterocycles. The first-order chi connectivity index (χ1) is 6.19. The second-order valence-corrected chi connectivity index (χ2v) is 2.69. The number of hydrogen-bond donors (Lipinski definition) is 0. The van der Waals surface area contributed by atoms with Crippen LogP contribution >= 0.6 is 0 Å². The molecule has 0 aliphatic rings. The van der Waals surface area contributed by atoms with Gasteiger partial charge >= 0.3 is 0 Å². The van der Waals surface area contributed by atoms with Gasteiger partial charge in [0.15, 0.2) is 11.5 Å². The van der Waals surface area contributed by atoms with Crippen molar-refractivity contribution < 1.29 is 9.21 Å². The number of carbonyl (C=O) groups is 1. The molecule has 68 valence electrons. The molecule has 0 aromatic carbocycles. The van der Waals surface area contributed by atoms with Crippen LogP contribution in [0.2, 0.25) is 0 Å². The number of rotatable bonds is 3. The van der Waals surface area contributed by atoms with Crippen molar-refractivity contribution >= 4 is 17.9 Å². The van der Waals surface area contributed by atoms with E-state index in [4.69, 9.17) is 4.42 Å². The number of carbonyl (C=O) groups excluding carboxylic acids is 1. The Hall–Kier alpha value is -1.57. The average Bonchev–Trinajstić information content (AvgIpc) is 2.48. The molecule has 1 aromatic heterocycles. The SMILES string of the molecule is C=Cc1oc(C(C)=O)cc1/C=C\C. The van der Waals surface area contributed by atoms with Gasteiger partial charge in [-0.15, -0.1) is 0 Å². The number of Topliss-reactive ketones (excluding diaryl/α,β-unsaturated/α-hetero) is 1. The highest BCUT2D eigenvalue weighted by atomic mass is 16.3. The van der Waals surface area contributed by atoms with Crippen LogP contribution in [0.4, 0.5) is 0 Å². The molecule has 1 aromatic rings. The molecule has 2 heteroatoms. The summed E-state index contributed by atoms with van der Waals surface area (Å²) in [6.45, 7) is 6.99. The first-order valence-electron chi connectivity index (χ1n) is 4.09. The minimum atomic E-state index is -0.0705. The highest BCUT2D eigenvalue weighted by Gasteiger charge is 2.08. The van der Waals surface area contributed by atoms with Crippen LogP contribution in [-0.4, -0.2) is 5.78 Å². The lowest BCUT2D eigenvalue weighted by molar-refractivity contribution is 0.0987. The van der Waals surface area contributed by atoms with Crippen LogP contribution in [0.25, 0.3) is 12.2 Å². The Balaban J connectivity index is 3.18. The predicted molar refractivity (Wildman–Crippen MR) is 53.5 cm³/mol. The zero-order chi connectivity index (χ0) is 9.84. The summed E-state index contributed by atoms with van der Waals surface area (Å²) in [6.07, 6.45) is 5.37. The fourth-order valence-corrected chi connectivity index (χ4v) is 1.06. The number of furan rings is 1. The van der Waals surface area contributed by atoms with Gasteiger partial charge in [0.2, 0.25) is 0 Å². The highest BCUT2D eigenvalue weighted by Crippen LogP contribution is 2.18. The lowest BCUT2D eigenvalue weighted by atomic mass is 10.2. The van der Waals surface area contributed by atoms with Crippen LogP contribution in [0.15, 0.2) is 23.1 Å². The molecule has 0 aliphatic heterocycles. The van der Waals surface area contributed by atoms with Gasteiger partial charge in [0.25, 0.3) is 0 Å². The topological polar surface area (TPSA) is 30.2 Å². The monoisotopic (exact) mass is 176 g/mol. The Morgan fingerprint density at radius 2 is 2.31 bits per heavy atom. The zero-order valence-corrected chi connectivity index (χ0v) is 7.83. The Labute approximate surface area is 77.6 Å². The summed E-state index contributed by atoms with van der Waals surface area (Å²) >= 11 is 0. The molecule has 0 spiro atoms. The third-order valence-electron chi connectivity index (χ3n) is 1.67. The van der Waals surface area contributed by atoms with E-state index in [1.807, 2.05) is 19.1 Å². The van der Waals surface area contributed by atoms with Crippen molar-refractivity contribution in [1.29, 1.82) is 0 Å². The van der Waals surface area contributed by atoms with Gasteiger partial charge in [0, 0.05) is 12.5 Å². The molecule has 1 heterocycles. The predicted octanol–water partition coefficient (Wildman–Crippen LogP) is 3.16. The molecule has 0 N–H and O–H groups in total. The van der Waals surface area contributed by atoms with Crippen molar-refractivity contribution in [3.05, 3.63) is 35.8 Å². The van der Waals surface area contributed by atoms with Crippen LogP contribution in [0, 0.1) is 0 Å². The van der Waals surface area contributed by atoms with Crippen LogP contribution in [-0.2, 0) is 0 Å². The van der Waals surface area contributed by atoms with Crippen molar-refractivity contribution in [2.75, 3.05) is 0 Å². The van der Waals surface area contributed by atoms with E-state index in [-0.39, 0.29) is 5.78 Å². The minimum Gasteiger partial charge on any atom is -0.453 e. The number of ketones is 1. The van der Waals surface area contributed by atoms with E-state index < -0.39 is 0 Å². The molecule has 13 heavy (non-hydrogen) atoms. The molecular weight excluding hydrogens is 164 g/mol. The summed E-state index contributed by atoms with van der Waals surface area (Å²) in [4.78, 5) is 11.0. The fourth-order valence-electron chi connectivity index (χ4n) is 1.06. The Kier molecular flexibility index (Phi) is 2.85. The van der Waals surface area contributed by atoms with Crippen LogP contribution in [0.5, 0.6) is 0 Å². The van der Waals surface area contributed by atoms with E-state index >= 15 is 0 Å². The second kappa shape index (κ2) is 3.90. The maximum atomic E-state index is 11.0. The van der Waals surface area contributed by atoms with Crippen molar-refractivity contribution in [2.24, 2.45) is 0 Å². The molecule has 0 saturated carbocycles. The van der Waals surface area contributed by atoms with E-state index in [1.165, 1.54) is 6.92 Å². The van der Waals surface area contributed by atoms with E-state index in [9.17, 15) is 4.79 Å². The fraction of sp³-hybridized carbons (Fsp3) is 0.182. The summed E-state index contributed by atoms with van der Waals surface area (Å²) in [5.74, 6) is 0.949. The Morgan fingerprint density at radius 1 is 1.62 bits per heavy atom. The highest BCUT2D eigenvalue weighted by molar-refractivity contribution is 5.92. The van der Waals surface area contributed by atoms with Crippen molar-refractivity contribution in [3.8, 4) is 0 Å². The summed E-state index contributed by atoms with van der Waals surface area (Å²) in [5, 5.41) is 0. The summed E-state index contributed by atoms with van der Waals surface area (Å²) in [7, 11) is 0. The molecular formula is C11H12O2. The quantitative estimate of drug-likeness (QED) is 0.662.